The monoisotopic (exact) mass is 916 g/mol. The van der Waals surface area contributed by atoms with Gasteiger partial charge in [0.15, 0.2) is 5.01 Å². The van der Waals surface area contributed by atoms with Gasteiger partial charge in [-0.05, 0) is 91.2 Å². The number of rotatable bonds is 16. The number of thiazole rings is 2. The molecule has 0 spiro atoms. The number of nitrogen functional groups attached to an aromatic ring is 1. The van der Waals surface area contributed by atoms with Gasteiger partial charge in [0.05, 0.1) is 23.3 Å². The van der Waals surface area contributed by atoms with Gasteiger partial charge in [0.1, 0.15) is 23.0 Å². The van der Waals surface area contributed by atoms with E-state index < -0.39 is 11.9 Å². The molecule has 0 saturated carbocycles. The van der Waals surface area contributed by atoms with E-state index in [4.69, 9.17) is 71.5 Å². The third-order valence-corrected chi connectivity index (χ3v) is 9.96. The topological polar surface area (TPSA) is 180 Å². The van der Waals surface area contributed by atoms with Crippen molar-refractivity contribution in [2.75, 3.05) is 24.3 Å². The highest BCUT2D eigenvalue weighted by Gasteiger charge is 2.12. The number of carbonyl (C=O) groups is 4. The molecule has 18 heteroatoms. The quantitative estimate of drug-likeness (QED) is 0.0364. The molecule has 0 aliphatic heterocycles. The number of nitrogens with two attached hydrogens (primary N) is 1. The number of ether oxygens (including phenoxy) is 3. The highest BCUT2D eigenvalue weighted by molar-refractivity contribution is 7.11. The van der Waals surface area contributed by atoms with Gasteiger partial charge in [0.25, 0.3) is 5.91 Å². The number of benzene rings is 4. The molecule has 308 valence electrons. The van der Waals surface area contributed by atoms with E-state index in [1.807, 2.05) is 12.1 Å². The number of amides is 1. The number of Topliss-reactive ketones (excluding diaryl/α,β-unsaturated/α-hetero) is 1. The van der Waals surface area contributed by atoms with Crippen LogP contribution in [-0.2, 0) is 16.0 Å². The Morgan fingerprint density at radius 3 is 1.75 bits per heavy atom. The van der Waals surface area contributed by atoms with Crippen molar-refractivity contribution in [2.45, 2.75) is 32.1 Å². The summed E-state index contributed by atoms with van der Waals surface area (Å²) in [6.07, 6.45) is 5.03. The van der Waals surface area contributed by atoms with Gasteiger partial charge >= 0.3 is 11.9 Å². The molecular weight excluding hydrogens is 882 g/mol. The fraction of sp³-hybridized carbons (Fsp3) is 0.171. The number of ketones is 1. The molecule has 6 rings (SSSR count). The zero-order valence-electron chi connectivity index (χ0n) is 30.9. The van der Waals surface area contributed by atoms with Gasteiger partial charge in [-0.15, -0.1) is 22.7 Å². The summed E-state index contributed by atoms with van der Waals surface area (Å²) in [6.45, 7) is 0.725. The average Bonchev–Trinajstić information content (AvgIpc) is 3.95. The minimum absolute atomic E-state index is 0.0885. The molecule has 12 nitrogen and oxygen atoms in total. The number of hydrogen-bond acceptors (Lipinski definition) is 12. The van der Waals surface area contributed by atoms with Crippen molar-refractivity contribution in [3.8, 4) is 17.2 Å². The minimum atomic E-state index is -0.833. The summed E-state index contributed by atoms with van der Waals surface area (Å²) in [5.41, 5.74) is 7.68. The van der Waals surface area contributed by atoms with Crippen LogP contribution in [0.2, 0.25) is 20.1 Å². The van der Waals surface area contributed by atoms with Crippen molar-refractivity contribution < 1.29 is 38.5 Å². The second-order valence-electron chi connectivity index (χ2n) is 11.9. The molecule has 2 heterocycles. The first-order valence-corrected chi connectivity index (χ1v) is 20.8. The molecular formula is C41H36Cl4N4O8S2. The predicted octanol–water partition coefficient (Wildman–Crippen LogP) is 10.9. The van der Waals surface area contributed by atoms with Gasteiger partial charge in [-0.3, -0.25) is 14.4 Å². The van der Waals surface area contributed by atoms with Crippen LogP contribution < -0.4 is 25.3 Å². The van der Waals surface area contributed by atoms with Crippen molar-refractivity contribution in [3.05, 3.63) is 144 Å². The number of esters is 1. The Labute approximate surface area is 367 Å². The number of carboxylic acid groups (broad SMARTS) is 1. The van der Waals surface area contributed by atoms with E-state index >= 15 is 0 Å². The van der Waals surface area contributed by atoms with E-state index in [1.54, 1.807) is 96.0 Å². The van der Waals surface area contributed by atoms with Crippen molar-refractivity contribution in [3.63, 3.8) is 0 Å². The van der Waals surface area contributed by atoms with Crippen LogP contribution in [-0.4, -0.2) is 51.9 Å². The highest BCUT2D eigenvalue weighted by atomic mass is 35.5. The van der Waals surface area contributed by atoms with Crippen molar-refractivity contribution in [1.82, 2.24) is 9.97 Å². The zero-order valence-corrected chi connectivity index (χ0v) is 35.6. The van der Waals surface area contributed by atoms with Crippen LogP contribution in [0.15, 0.2) is 108 Å². The number of nitrogens with one attached hydrogen (secondary N) is 1. The molecule has 0 radical (unpaired) electrons. The first-order chi connectivity index (χ1) is 28.4. The van der Waals surface area contributed by atoms with Crippen LogP contribution >= 0.6 is 69.1 Å². The fourth-order valence-corrected chi connectivity index (χ4v) is 6.56. The highest BCUT2D eigenvalue weighted by Crippen LogP contribution is 2.28. The maximum atomic E-state index is 12.2. The molecule has 4 aromatic carbocycles. The summed E-state index contributed by atoms with van der Waals surface area (Å²) >= 11 is 26.0. The van der Waals surface area contributed by atoms with Crippen molar-refractivity contribution in [2.24, 2.45) is 0 Å². The summed E-state index contributed by atoms with van der Waals surface area (Å²) in [5, 5.41) is 17.4. The molecule has 0 fully saturated rings. The lowest BCUT2D eigenvalue weighted by molar-refractivity contribution is -0.137. The third-order valence-electron chi connectivity index (χ3n) is 7.38. The summed E-state index contributed by atoms with van der Waals surface area (Å²) in [7, 11) is 0. The van der Waals surface area contributed by atoms with E-state index in [2.05, 4.69) is 15.3 Å². The number of aromatic nitrogens is 2. The predicted molar refractivity (Wildman–Crippen MR) is 233 cm³/mol. The molecule has 0 unspecified atom stereocenters. The molecule has 0 aliphatic carbocycles. The van der Waals surface area contributed by atoms with Crippen molar-refractivity contribution in [1.29, 1.82) is 0 Å². The van der Waals surface area contributed by atoms with Gasteiger partial charge < -0.3 is 30.4 Å². The molecule has 0 atom stereocenters. The second kappa shape index (κ2) is 24.6. The summed E-state index contributed by atoms with van der Waals surface area (Å²) in [5.74, 6) is 0.130. The second-order valence-corrected chi connectivity index (χ2v) is 15.4. The van der Waals surface area contributed by atoms with Gasteiger partial charge in [-0.25, -0.2) is 14.8 Å². The van der Waals surface area contributed by atoms with Gasteiger partial charge in [0, 0.05) is 63.8 Å². The normalized spacial score (nSPS) is 10.2. The third kappa shape index (κ3) is 17.3. The van der Waals surface area contributed by atoms with E-state index in [1.165, 1.54) is 22.7 Å². The molecule has 4 N–H and O–H groups in total. The standard InChI is InChI=1S/C21H18Cl2N2O3S.C10H10Cl2O3.C10H8N2O2S/c22-15-5-8-19(18(23)13-15)28-10-1-2-17(26)12-14-3-6-16(7-4-14)25-20(27)21-24-9-11-29-21;11-7-3-4-9(8(12)6-7)15-5-1-2-10(13)14;11-7-1-3-8(4-2-7)14-10(13)9-12-5-6-15-9/h3-9,11,13H,1-2,10,12H2,(H,25,27);3-4,6H,1-2,5H2,(H,13,14);1-6H,11H2. The van der Waals surface area contributed by atoms with E-state index in [9.17, 15) is 19.2 Å². The summed E-state index contributed by atoms with van der Waals surface area (Å²) < 4.78 is 15.9. The van der Waals surface area contributed by atoms with Crippen molar-refractivity contribution >= 4 is 104 Å². The van der Waals surface area contributed by atoms with Gasteiger partial charge in [0.2, 0.25) is 5.01 Å². The van der Waals surface area contributed by atoms with E-state index in [0.29, 0.717) is 97.6 Å². The Balaban J connectivity index is 0.000000215. The Morgan fingerprint density at radius 1 is 0.695 bits per heavy atom. The number of carboxylic acids is 1. The molecule has 0 saturated heterocycles. The van der Waals surface area contributed by atoms with Crippen LogP contribution in [0.3, 0.4) is 0 Å². The Hall–Kier alpha value is -5.22. The maximum absolute atomic E-state index is 12.2. The molecule has 2 aromatic heterocycles. The number of aliphatic carboxylic acids is 1. The first kappa shape index (κ1) is 46.5. The Bertz CT molecular complexity index is 2260. The van der Waals surface area contributed by atoms with E-state index in [-0.39, 0.29) is 18.1 Å². The lowest BCUT2D eigenvalue weighted by atomic mass is 10.1. The van der Waals surface area contributed by atoms with Gasteiger partial charge in [-0.2, -0.15) is 0 Å². The van der Waals surface area contributed by atoms with Crippen LogP contribution in [0.25, 0.3) is 0 Å². The lowest BCUT2D eigenvalue weighted by Crippen LogP contribution is -2.11. The summed E-state index contributed by atoms with van der Waals surface area (Å²) in [6, 6.07) is 23.8. The Kier molecular flexibility index (Phi) is 19.4. The van der Waals surface area contributed by atoms with Gasteiger partial charge in [-0.1, -0.05) is 58.5 Å². The van der Waals surface area contributed by atoms with E-state index in [0.717, 1.165) is 5.56 Å². The van der Waals surface area contributed by atoms with Crippen LogP contribution in [0, 0.1) is 0 Å². The Morgan fingerprint density at radius 2 is 1.24 bits per heavy atom. The molecule has 0 aliphatic rings. The zero-order chi connectivity index (χ0) is 42.6. The minimum Gasteiger partial charge on any atom is -0.492 e. The lowest BCUT2D eigenvalue weighted by Gasteiger charge is -2.08. The first-order valence-electron chi connectivity index (χ1n) is 17.5. The molecule has 0 bridgehead atoms. The summed E-state index contributed by atoms with van der Waals surface area (Å²) in [4.78, 5) is 53.7. The van der Waals surface area contributed by atoms with Crippen LogP contribution in [0.5, 0.6) is 17.2 Å². The molecule has 6 aromatic rings. The van der Waals surface area contributed by atoms with Crippen LogP contribution in [0.4, 0.5) is 11.4 Å². The van der Waals surface area contributed by atoms with Crippen LogP contribution in [0.1, 0.15) is 50.9 Å². The molecule has 59 heavy (non-hydrogen) atoms. The molecule has 1 amide bonds. The average molecular weight is 919 g/mol. The SMILES string of the molecule is Nc1ccc(OC(=O)c2nccs2)cc1.O=C(CCCOc1ccc(Cl)cc1Cl)Cc1ccc(NC(=O)c2nccs2)cc1.O=C(O)CCCOc1ccc(Cl)cc1Cl. The number of hydrogen-bond donors (Lipinski definition) is 3. The number of carbonyl (C=O) groups excluding carboxylic acids is 3. The smallest absolute Gasteiger partial charge is 0.372 e. The maximum Gasteiger partial charge on any atom is 0.372 e. The number of anilines is 2. The number of halogens is 4. The number of nitrogens with zero attached hydrogens (tertiary/aromatic N) is 2. The largest absolute Gasteiger partial charge is 0.492 e. The fourth-order valence-electron chi connectivity index (χ4n) is 4.59.